The molecule has 7 heteroatoms. The number of rotatable bonds is 6. The Labute approximate surface area is 161 Å². The zero-order valence-electron chi connectivity index (χ0n) is 15.4. The summed E-state index contributed by atoms with van der Waals surface area (Å²) in [6.07, 6.45) is 6.32. The first kappa shape index (κ1) is 19.9. The summed E-state index contributed by atoms with van der Waals surface area (Å²) in [5, 5.41) is 5.56. The van der Waals surface area contributed by atoms with Crippen LogP contribution in [0.5, 0.6) is 0 Å². The van der Waals surface area contributed by atoms with Crippen LogP contribution >= 0.6 is 0 Å². The van der Waals surface area contributed by atoms with Gasteiger partial charge in [-0.15, -0.1) is 0 Å². The highest BCUT2D eigenvalue weighted by Crippen LogP contribution is 2.34. The van der Waals surface area contributed by atoms with Crippen LogP contribution in [0.2, 0.25) is 0 Å². The summed E-state index contributed by atoms with van der Waals surface area (Å²) in [7, 11) is 0. The minimum absolute atomic E-state index is 0.193. The number of carbonyl (C=O) groups excluding carboxylic acids is 1. The van der Waals surface area contributed by atoms with Crippen molar-refractivity contribution in [3.05, 3.63) is 65.5 Å². The van der Waals surface area contributed by atoms with E-state index in [4.69, 9.17) is 0 Å². The van der Waals surface area contributed by atoms with Gasteiger partial charge in [-0.3, -0.25) is 9.78 Å². The molecule has 1 aromatic carbocycles. The van der Waals surface area contributed by atoms with E-state index >= 15 is 0 Å². The van der Waals surface area contributed by atoms with Gasteiger partial charge in [0.25, 0.3) is 5.91 Å². The van der Waals surface area contributed by atoms with Gasteiger partial charge in [0.2, 0.25) is 0 Å². The summed E-state index contributed by atoms with van der Waals surface area (Å²) >= 11 is 0. The summed E-state index contributed by atoms with van der Waals surface area (Å²) in [4.78, 5) is 16.4. The van der Waals surface area contributed by atoms with Gasteiger partial charge in [0.05, 0.1) is 22.5 Å². The molecule has 0 bridgehead atoms. The monoisotopic (exact) mass is 389 g/mol. The molecule has 28 heavy (non-hydrogen) atoms. The Morgan fingerprint density at radius 2 is 1.96 bits per heavy atom. The molecule has 0 unspecified atom stereocenters. The van der Waals surface area contributed by atoms with Crippen LogP contribution in [-0.4, -0.2) is 17.4 Å². The van der Waals surface area contributed by atoms with E-state index in [-0.39, 0.29) is 11.3 Å². The van der Waals surface area contributed by atoms with E-state index in [2.05, 4.69) is 21.7 Å². The van der Waals surface area contributed by atoms with Gasteiger partial charge >= 0.3 is 6.18 Å². The van der Waals surface area contributed by atoms with Gasteiger partial charge in [-0.05, 0) is 50.3 Å². The van der Waals surface area contributed by atoms with Crippen molar-refractivity contribution in [2.24, 2.45) is 0 Å². The van der Waals surface area contributed by atoms with E-state index in [1.807, 2.05) is 0 Å². The van der Waals surface area contributed by atoms with Crippen LogP contribution in [0.15, 0.2) is 54.4 Å². The second-order valence-electron chi connectivity index (χ2n) is 6.74. The summed E-state index contributed by atoms with van der Waals surface area (Å²) in [5.74, 6) is -0.636. The van der Waals surface area contributed by atoms with Crippen LogP contribution in [0.3, 0.4) is 0 Å². The topological polar surface area (TPSA) is 54.0 Å². The Hall–Kier alpha value is -2.83. The third-order valence-corrected chi connectivity index (χ3v) is 4.64. The van der Waals surface area contributed by atoms with Crippen molar-refractivity contribution in [2.45, 2.75) is 38.3 Å². The van der Waals surface area contributed by atoms with Crippen molar-refractivity contribution in [2.75, 3.05) is 17.2 Å². The molecule has 0 radical (unpaired) electrons. The van der Waals surface area contributed by atoms with E-state index in [0.717, 1.165) is 31.9 Å². The number of hydrogen-bond acceptors (Lipinski definition) is 3. The highest BCUT2D eigenvalue weighted by molar-refractivity contribution is 6.05. The molecular weight excluding hydrogens is 367 g/mol. The quantitative estimate of drug-likeness (QED) is 0.627. The molecule has 0 saturated carbocycles. The molecule has 1 aliphatic carbocycles. The molecule has 1 amide bonds. The first-order valence-corrected chi connectivity index (χ1v) is 9.28. The van der Waals surface area contributed by atoms with Gasteiger partial charge in [0.15, 0.2) is 0 Å². The molecule has 148 valence electrons. The van der Waals surface area contributed by atoms with E-state index in [1.165, 1.54) is 42.8 Å². The fourth-order valence-corrected chi connectivity index (χ4v) is 3.19. The van der Waals surface area contributed by atoms with Crippen LogP contribution in [-0.2, 0) is 6.18 Å². The Kier molecular flexibility index (Phi) is 6.34. The maximum atomic E-state index is 13.1. The van der Waals surface area contributed by atoms with E-state index < -0.39 is 17.6 Å². The van der Waals surface area contributed by atoms with Gasteiger partial charge in [0, 0.05) is 18.9 Å². The molecule has 4 nitrogen and oxygen atoms in total. The maximum Gasteiger partial charge on any atom is 0.418 e. The number of nitrogens with one attached hydrogen (secondary N) is 2. The minimum Gasteiger partial charge on any atom is -0.383 e. The van der Waals surface area contributed by atoms with Crippen LogP contribution < -0.4 is 10.6 Å². The number of halogens is 3. The summed E-state index contributed by atoms with van der Waals surface area (Å²) in [6.45, 7) is 0.718. The van der Waals surface area contributed by atoms with Crippen molar-refractivity contribution in [1.82, 2.24) is 4.98 Å². The third-order valence-electron chi connectivity index (χ3n) is 4.64. The third kappa shape index (κ3) is 5.34. The van der Waals surface area contributed by atoms with E-state index in [0.29, 0.717) is 5.69 Å². The number of pyridine rings is 1. The largest absolute Gasteiger partial charge is 0.418 e. The first-order chi connectivity index (χ1) is 13.4. The van der Waals surface area contributed by atoms with Crippen molar-refractivity contribution in [3.8, 4) is 0 Å². The summed E-state index contributed by atoms with van der Waals surface area (Å²) in [6, 6.07) is 6.49. The molecule has 3 rings (SSSR count). The molecule has 1 aliphatic rings. The highest BCUT2D eigenvalue weighted by atomic mass is 19.4. The minimum atomic E-state index is -4.54. The molecule has 0 atom stereocenters. The van der Waals surface area contributed by atoms with Gasteiger partial charge in [0.1, 0.15) is 0 Å². The number of nitrogens with zero attached hydrogens (tertiary/aromatic N) is 1. The Morgan fingerprint density at radius 3 is 2.71 bits per heavy atom. The molecular formula is C21H22F3N3O. The van der Waals surface area contributed by atoms with Gasteiger partial charge in [-0.2, -0.15) is 13.2 Å². The number of benzene rings is 1. The molecule has 1 aromatic heterocycles. The van der Waals surface area contributed by atoms with Crippen LogP contribution in [0.4, 0.5) is 24.5 Å². The first-order valence-electron chi connectivity index (χ1n) is 9.28. The Balaban J connectivity index is 1.63. The average molecular weight is 389 g/mol. The maximum absolute atomic E-state index is 13.1. The fraction of sp³-hybridized carbons (Fsp3) is 0.333. The predicted octanol–water partition coefficient (Wildman–Crippen LogP) is 5.66. The number of anilines is 2. The standard InChI is InChI=1S/C21H22F3N3O/c22-21(23,24)18-8-4-5-9-19(18)27-20(28)16-12-17(14-25-13-16)26-11-10-15-6-2-1-3-7-15/h4-6,8-9,12-14,26H,1-3,7,10-11H2,(H,27,28). The zero-order chi connectivity index (χ0) is 20.0. The predicted molar refractivity (Wildman–Crippen MR) is 103 cm³/mol. The number of alkyl halides is 3. The fourth-order valence-electron chi connectivity index (χ4n) is 3.19. The lowest BCUT2D eigenvalue weighted by atomic mass is 9.97. The molecule has 0 spiro atoms. The Bertz CT molecular complexity index is 862. The van der Waals surface area contributed by atoms with E-state index in [1.54, 1.807) is 12.3 Å². The SMILES string of the molecule is O=C(Nc1ccccc1C(F)(F)F)c1cncc(NCCC2=CCCCC2)c1. The van der Waals surface area contributed by atoms with E-state index in [9.17, 15) is 18.0 Å². The second-order valence-corrected chi connectivity index (χ2v) is 6.74. The van der Waals surface area contributed by atoms with Crippen molar-refractivity contribution < 1.29 is 18.0 Å². The lowest BCUT2D eigenvalue weighted by molar-refractivity contribution is -0.136. The summed E-state index contributed by atoms with van der Waals surface area (Å²) < 4.78 is 39.2. The van der Waals surface area contributed by atoms with Gasteiger partial charge < -0.3 is 10.6 Å². The average Bonchev–Trinajstić information content (AvgIpc) is 2.69. The number of hydrogen-bond donors (Lipinski definition) is 2. The number of amides is 1. The smallest absolute Gasteiger partial charge is 0.383 e. The number of para-hydroxylation sites is 1. The molecule has 2 N–H and O–H groups in total. The van der Waals surface area contributed by atoms with Crippen molar-refractivity contribution in [1.29, 1.82) is 0 Å². The molecule has 2 aromatic rings. The lowest BCUT2D eigenvalue weighted by Crippen LogP contribution is -2.17. The molecule has 0 fully saturated rings. The normalized spacial score (nSPS) is 14.3. The zero-order valence-corrected chi connectivity index (χ0v) is 15.4. The van der Waals surface area contributed by atoms with Gasteiger partial charge in [-0.1, -0.05) is 23.8 Å². The Morgan fingerprint density at radius 1 is 1.14 bits per heavy atom. The lowest BCUT2D eigenvalue weighted by Gasteiger charge is -2.14. The van der Waals surface area contributed by atoms with Crippen LogP contribution in [0.25, 0.3) is 0 Å². The van der Waals surface area contributed by atoms with Crippen molar-refractivity contribution in [3.63, 3.8) is 0 Å². The molecule has 0 aliphatic heterocycles. The highest BCUT2D eigenvalue weighted by Gasteiger charge is 2.33. The van der Waals surface area contributed by atoms with Gasteiger partial charge in [-0.25, -0.2) is 0 Å². The molecule has 0 saturated heterocycles. The summed E-state index contributed by atoms with van der Waals surface area (Å²) in [5.41, 5.74) is 1.13. The molecule has 1 heterocycles. The number of carbonyl (C=O) groups is 1. The van der Waals surface area contributed by atoms with Crippen LogP contribution in [0.1, 0.15) is 48.0 Å². The number of allylic oxidation sites excluding steroid dienone is 1. The number of aromatic nitrogens is 1. The second kappa shape index (κ2) is 8.91. The van der Waals surface area contributed by atoms with Crippen LogP contribution in [0, 0.1) is 0 Å². The van der Waals surface area contributed by atoms with Crippen molar-refractivity contribution >= 4 is 17.3 Å².